The van der Waals surface area contributed by atoms with Gasteiger partial charge < -0.3 is 24.0 Å². The van der Waals surface area contributed by atoms with Gasteiger partial charge >= 0.3 is 6.09 Å². The molecule has 12 nitrogen and oxygen atoms in total. The highest BCUT2D eigenvalue weighted by Crippen LogP contribution is 2.31. The molecule has 0 unspecified atom stereocenters. The number of imidazole rings is 2. The summed E-state index contributed by atoms with van der Waals surface area (Å²) < 4.78 is 21.2. The van der Waals surface area contributed by atoms with Crippen molar-refractivity contribution in [1.29, 1.82) is 0 Å². The Bertz CT molecular complexity index is 1530. The molecule has 3 aromatic heterocycles. The molecule has 5 heterocycles. The molecule has 0 spiro atoms. The highest BCUT2D eigenvalue weighted by molar-refractivity contribution is 5.86. The minimum absolute atomic E-state index is 0.184. The van der Waals surface area contributed by atoms with Crippen molar-refractivity contribution in [2.75, 3.05) is 44.3 Å². The predicted molar refractivity (Wildman–Crippen MR) is 146 cm³/mol. The molecular formula is C27H34N8O4. The first-order valence-electron chi connectivity index (χ1n) is 13.4. The lowest BCUT2D eigenvalue weighted by molar-refractivity contribution is -0.0249. The van der Waals surface area contributed by atoms with Gasteiger partial charge in [0.05, 0.1) is 37.3 Å². The molecule has 206 valence electrons. The molecule has 4 aromatic rings. The van der Waals surface area contributed by atoms with Gasteiger partial charge in [0.25, 0.3) is 6.01 Å². The quantitative estimate of drug-likeness (QED) is 0.381. The molecule has 0 bridgehead atoms. The third-order valence-corrected chi connectivity index (χ3v) is 6.88. The summed E-state index contributed by atoms with van der Waals surface area (Å²) in [5.74, 6) is 2.18. The maximum absolute atomic E-state index is 12.3. The smallest absolute Gasteiger partial charge is 0.410 e. The number of hydrogen-bond donors (Lipinski definition) is 0. The van der Waals surface area contributed by atoms with E-state index in [2.05, 4.69) is 11.8 Å². The number of benzene rings is 1. The summed E-state index contributed by atoms with van der Waals surface area (Å²) in [6.45, 7) is 11.2. The van der Waals surface area contributed by atoms with Crippen LogP contribution in [0.3, 0.4) is 0 Å². The fraction of sp³-hybridized carbons (Fsp3) is 0.519. The molecule has 0 aliphatic carbocycles. The minimum atomic E-state index is -0.537. The number of anilines is 1. The van der Waals surface area contributed by atoms with Gasteiger partial charge in [-0.3, -0.25) is 9.13 Å². The second kappa shape index (κ2) is 9.67. The van der Waals surface area contributed by atoms with Crippen molar-refractivity contribution in [3.05, 3.63) is 30.1 Å². The Morgan fingerprint density at radius 1 is 1.08 bits per heavy atom. The number of amides is 1. The van der Waals surface area contributed by atoms with Crippen LogP contribution in [0.25, 0.3) is 28.1 Å². The van der Waals surface area contributed by atoms with E-state index >= 15 is 0 Å². The van der Waals surface area contributed by atoms with Crippen LogP contribution in [0.4, 0.5) is 10.6 Å². The second-order valence-corrected chi connectivity index (χ2v) is 10.9. The Morgan fingerprint density at radius 2 is 1.82 bits per heavy atom. The van der Waals surface area contributed by atoms with Crippen LogP contribution in [0.1, 0.15) is 33.5 Å². The van der Waals surface area contributed by atoms with E-state index in [9.17, 15) is 4.79 Å². The van der Waals surface area contributed by atoms with Crippen LogP contribution in [-0.4, -0.2) is 91.2 Å². The molecule has 0 atom stereocenters. The molecule has 0 radical (unpaired) electrons. The van der Waals surface area contributed by atoms with Gasteiger partial charge in [-0.1, -0.05) is 19.1 Å². The number of fused-ring (bicyclic) bond motifs is 2. The van der Waals surface area contributed by atoms with Crippen LogP contribution >= 0.6 is 0 Å². The Kier molecular flexibility index (Phi) is 6.29. The van der Waals surface area contributed by atoms with Crippen molar-refractivity contribution in [1.82, 2.24) is 34.0 Å². The Balaban J connectivity index is 1.37. The molecule has 39 heavy (non-hydrogen) atoms. The van der Waals surface area contributed by atoms with Gasteiger partial charge in [-0.25, -0.2) is 9.78 Å². The zero-order valence-corrected chi connectivity index (χ0v) is 23.0. The van der Waals surface area contributed by atoms with Crippen LogP contribution < -0.4 is 9.64 Å². The molecule has 1 aromatic carbocycles. The maximum atomic E-state index is 12.3. The first kappa shape index (κ1) is 25.4. The number of morpholine rings is 1. The van der Waals surface area contributed by atoms with Gasteiger partial charge in [0.2, 0.25) is 5.95 Å². The van der Waals surface area contributed by atoms with E-state index in [0.717, 1.165) is 29.1 Å². The van der Waals surface area contributed by atoms with E-state index in [-0.39, 0.29) is 12.2 Å². The number of aryl methyl sites for hydroxylation is 2. The number of para-hydroxylation sites is 2. The molecule has 1 amide bonds. The normalized spacial score (nSPS) is 16.6. The molecule has 2 aliphatic rings. The van der Waals surface area contributed by atoms with Crippen molar-refractivity contribution < 1.29 is 19.0 Å². The molecule has 12 heteroatoms. The summed E-state index contributed by atoms with van der Waals surface area (Å²) in [5, 5.41) is 0. The molecule has 0 saturated carbocycles. The first-order chi connectivity index (χ1) is 18.7. The van der Waals surface area contributed by atoms with Crippen LogP contribution in [0.5, 0.6) is 6.01 Å². The lowest BCUT2D eigenvalue weighted by Gasteiger charge is -2.38. The van der Waals surface area contributed by atoms with Crippen LogP contribution in [-0.2, 0) is 22.9 Å². The van der Waals surface area contributed by atoms with Gasteiger partial charge in [0, 0.05) is 26.6 Å². The van der Waals surface area contributed by atoms with E-state index in [4.69, 9.17) is 34.1 Å². The average molecular weight is 535 g/mol. The lowest BCUT2D eigenvalue weighted by atomic mass is 10.2. The van der Waals surface area contributed by atoms with Crippen LogP contribution in [0, 0.1) is 0 Å². The number of likely N-dealkylation sites (tertiary alicyclic amines) is 1. The predicted octanol–water partition coefficient (Wildman–Crippen LogP) is 3.10. The Hall–Kier alpha value is -3.93. The number of rotatable bonds is 5. The van der Waals surface area contributed by atoms with E-state index < -0.39 is 5.60 Å². The van der Waals surface area contributed by atoms with Crippen molar-refractivity contribution in [3.63, 3.8) is 0 Å². The Morgan fingerprint density at radius 3 is 2.54 bits per heavy atom. The van der Waals surface area contributed by atoms with Crippen molar-refractivity contribution in [2.45, 2.75) is 45.8 Å². The zero-order valence-electron chi connectivity index (χ0n) is 23.0. The number of hydrogen-bond acceptors (Lipinski definition) is 9. The van der Waals surface area contributed by atoms with Gasteiger partial charge in [0.1, 0.15) is 17.5 Å². The number of carbonyl (C=O) groups is 1. The number of carbonyl (C=O) groups excluding carboxylic acids is 1. The summed E-state index contributed by atoms with van der Waals surface area (Å²) in [7, 11) is 1.89. The molecular weight excluding hydrogens is 500 g/mol. The van der Waals surface area contributed by atoms with Crippen molar-refractivity contribution in [2.24, 2.45) is 7.05 Å². The number of ether oxygens (including phenoxy) is 3. The first-order valence-corrected chi connectivity index (χ1v) is 13.4. The van der Waals surface area contributed by atoms with E-state index in [1.54, 1.807) is 4.90 Å². The summed E-state index contributed by atoms with van der Waals surface area (Å²) in [6, 6.07) is 8.45. The maximum Gasteiger partial charge on any atom is 0.410 e. The average Bonchev–Trinajstić information content (AvgIpc) is 3.42. The summed E-state index contributed by atoms with van der Waals surface area (Å²) in [4.78, 5) is 35.8. The highest BCUT2D eigenvalue weighted by atomic mass is 16.6. The van der Waals surface area contributed by atoms with Gasteiger partial charge in [-0.15, -0.1) is 0 Å². The largest absolute Gasteiger partial charge is 0.458 e. The number of nitrogens with zero attached hydrogens (tertiary/aromatic N) is 8. The molecule has 2 saturated heterocycles. The van der Waals surface area contributed by atoms with Crippen LogP contribution in [0.2, 0.25) is 0 Å². The third-order valence-electron chi connectivity index (χ3n) is 6.88. The Labute approximate surface area is 226 Å². The second-order valence-electron chi connectivity index (χ2n) is 10.9. The molecule has 6 rings (SSSR count). The summed E-state index contributed by atoms with van der Waals surface area (Å²) in [5.41, 5.74) is 2.66. The highest BCUT2D eigenvalue weighted by Gasteiger charge is 2.36. The van der Waals surface area contributed by atoms with Crippen LogP contribution in [0.15, 0.2) is 24.3 Å². The summed E-state index contributed by atoms with van der Waals surface area (Å²) in [6.07, 6.45) is 0.215. The van der Waals surface area contributed by atoms with Crippen molar-refractivity contribution in [3.8, 4) is 12.0 Å². The fourth-order valence-corrected chi connectivity index (χ4v) is 4.89. The standard InChI is InChI=1S/C27H34N8O4/c1-6-20-28-18-9-7-8-10-19(18)35(20)24-30-22-21(23(31-24)33-11-13-37-14-12-33)29-25(32(22)5)38-17-15-34(16-17)26(36)39-27(2,3)4/h7-10,17H,6,11-16H2,1-5H3. The SMILES string of the molecule is CCc1nc2ccccc2n1-c1nc(N2CCOCC2)c2nc(OC3CN(C(=O)OC(C)(C)C)C3)n(C)c2n1. The third kappa shape index (κ3) is 4.73. The molecule has 2 aliphatic heterocycles. The zero-order chi connectivity index (χ0) is 27.3. The number of aromatic nitrogens is 6. The molecule has 2 fully saturated rings. The van der Waals surface area contributed by atoms with E-state index in [1.807, 2.05) is 61.2 Å². The van der Waals surface area contributed by atoms with E-state index in [1.165, 1.54) is 0 Å². The van der Waals surface area contributed by atoms with E-state index in [0.29, 0.717) is 62.5 Å². The summed E-state index contributed by atoms with van der Waals surface area (Å²) >= 11 is 0. The molecule has 0 N–H and O–H groups in total. The van der Waals surface area contributed by atoms with Crippen molar-refractivity contribution >= 4 is 34.1 Å². The fourth-order valence-electron chi connectivity index (χ4n) is 4.89. The minimum Gasteiger partial charge on any atom is -0.458 e. The van der Waals surface area contributed by atoms with Gasteiger partial charge in [0.15, 0.2) is 17.0 Å². The lowest BCUT2D eigenvalue weighted by Crippen LogP contribution is -2.57. The topological polar surface area (TPSA) is 113 Å². The van der Waals surface area contributed by atoms with Gasteiger partial charge in [-0.2, -0.15) is 15.0 Å². The van der Waals surface area contributed by atoms with Gasteiger partial charge in [-0.05, 0) is 32.9 Å². The monoisotopic (exact) mass is 534 g/mol.